The molecule has 9 heteroatoms. The molecule has 6 nitrogen and oxygen atoms in total. The number of halogens is 2. The molecule has 0 bridgehead atoms. The third-order valence-electron chi connectivity index (χ3n) is 4.45. The van der Waals surface area contributed by atoms with E-state index in [1.165, 1.54) is 17.7 Å². The molecule has 1 atom stereocenters. The highest BCUT2D eigenvalue weighted by Gasteiger charge is 2.22. The molecule has 2 aromatic carbocycles. The summed E-state index contributed by atoms with van der Waals surface area (Å²) in [6, 6.07) is 9.68. The summed E-state index contributed by atoms with van der Waals surface area (Å²) in [6.07, 6.45) is -0.0461. The number of esters is 1. The van der Waals surface area contributed by atoms with Crippen LogP contribution in [0.2, 0.25) is 0 Å². The number of hydrogen-bond acceptors (Lipinski definition) is 6. The van der Waals surface area contributed by atoms with Gasteiger partial charge in [0.2, 0.25) is 0 Å². The average Bonchev–Trinajstić information content (AvgIpc) is 2.74. The molecule has 0 spiro atoms. The van der Waals surface area contributed by atoms with E-state index in [-0.39, 0.29) is 29.2 Å². The van der Waals surface area contributed by atoms with Gasteiger partial charge in [-0.15, -0.1) is 0 Å². The minimum atomic E-state index is -1.11. The van der Waals surface area contributed by atoms with Crippen molar-refractivity contribution in [3.8, 4) is 0 Å². The molecule has 0 saturated carbocycles. The van der Waals surface area contributed by atoms with Gasteiger partial charge in [-0.05, 0) is 37.3 Å². The molecule has 1 heterocycles. The van der Waals surface area contributed by atoms with Gasteiger partial charge in [-0.2, -0.15) is 0 Å². The van der Waals surface area contributed by atoms with Gasteiger partial charge in [-0.3, -0.25) is 19.0 Å². The summed E-state index contributed by atoms with van der Waals surface area (Å²) in [5.41, 5.74) is 0.115. The molecule has 1 aromatic heterocycles. The summed E-state index contributed by atoms with van der Waals surface area (Å²) in [7, 11) is 1.25. The Morgan fingerprint density at radius 1 is 1.17 bits per heavy atom. The minimum Gasteiger partial charge on any atom is -0.469 e. The van der Waals surface area contributed by atoms with E-state index in [0.717, 1.165) is 23.9 Å². The molecule has 3 aromatic rings. The average molecular weight is 432 g/mol. The predicted molar refractivity (Wildman–Crippen MR) is 109 cm³/mol. The van der Waals surface area contributed by atoms with Crippen LogP contribution < -0.4 is 5.56 Å². The molecule has 0 N–H and O–H groups in total. The number of fused-ring (bicyclic) bond motifs is 1. The fourth-order valence-corrected chi connectivity index (χ4v) is 3.85. The van der Waals surface area contributed by atoms with Gasteiger partial charge in [-0.25, -0.2) is 13.8 Å². The Morgan fingerprint density at radius 3 is 2.60 bits per heavy atom. The standard InChI is InChI=1S/C21H18F2N2O4S/c1-12(19(27)13-7-8-15(22)16(23)11-13)30-21-24-17-6-4-3-5-14(17)20(28)25(21)10-9-18(26)29-2/h3-8,11-12H,9-10H2,1-2H3/t12-/m1/s1. The van der Waals surface area contributed by atoms with Crippen molar-refractivity contribution in [2.45, 2.75) is 30.3 Å². The van der Waals surface area contributed by atoms with E-state index in [1.807, 2.05) is 0 Å². The van der Waals surface area contributed by atoms with Gasteiger partial charge in [0.15, 0.2) is 22.6 Å². The monoisotopic (exact) mass is 432 g/mol. The van der Waals surface area contributed by atoms with E-state index in [0.29, 0.717) is 10.9 Å². The van der Waals surface area contributed by atoms with Crippen LogP contribution in [0.4, 0.5) is 8.78 Å². The van der Waals surface area contributed by atoms with Crippen LogP contribution in [0.1, 0.15) is 23.7 Å². The maximum absolute atomic E-state index is 13.5. The Hall–Kier alpha value is -3.07. The smallest absolute Gasteiger partial charge is 0.307 e. The van der Waals surface area contributed by atoms with Gasteiger partial charge in [0, 0.05) is 12.1 Å². The zero-order valence-electron chi connectivity index (χ0n) is 16.2. The van der Waals surface area contributed by atoms with Crippen molar-refractivity contribution in [3.05, 3.63) is 70.0 Å². The van der Waals surface area contributed by atoms with Crippen molar-refractivity contribution < 1.29 is 23.1 Å². The van der Waals surface area contributed by atoms with Gasteiger partial charge >= 0.3 is 5.97 Å². The summed E-state index contributed by atoms with van der Waals surface area (Å²) in [5, 5.41) is -0.121. The third-order valence-corrected chi connectivity index (χ3v) is 5.54. The van der Waals surface area contributed by atoms with Gasteiger partial charge in [-0.1, -0.05) is 23.9 Å². The predicted octanol–water partition coefficient (Wildman–Crippen LogP) is 3.60. The van der Waals surface area contributed by atoms with Crippen LogP contribution >= 0.6 is 11.8 Å². The van der Waals surface area contributed by atoms with E-state index in [2.05, 4.69) is 9.72 Å². The quantitative estimate of drug-likeness (QED) is 0.246. The number of ether oxygens (including phenoxy) is 1. The number of para-hydroxylation sites is 1. The first-order chi connectivity index (χ1) is 14.3. The lowest BCUT2D eigenvalue weighted by molar-refractivity contribution is -0.140. The van der Waals surface area contributed by atoms with Gasteiger partial charge in [0.1, 0.15) is 0 Å². The van der Waals surface area contributed by atoms with Crippen LogP contribution in [-0.2, 0) is 16.1 Å². The molecule has 0 aliphatic rings. The molecular formula is C21H18F2N2O4S. The van der Waals surface area contributed by atoms with E-state index in [9.17, 15) is 23.2 Å². The summed E-state index contributed by atoms with van der Waals surface area (Å²) >= 11 is 1.01. The lowest BCUT2D eigenvalue weighted by Crippen LogP contribution is -2.26. The Bertz CT molecular complexity index is 1180. The molecule has 3 rings (SSSR count). The Morgan fingerprint density at radius 2 is 1.90 bits per heavy atom. The molecule has 0 amide bonds. The molecule has 0 aliphatic carbocycles. The van der Waals surface area contributed by atoms with Crippen LogP contribution in [0.3, 0.4) is 0 Å². The SMILES string of the molecule is COC(=O)CCn1c(S[C@H](C)C(=O)c2ccc(F)c(F)c2)nc2ccccc2c1=O. The van der Waals surface area contributed by atoms with Crippen LogP contribution in [0.25, 0.3) is 10.9 Å². The van der Waals surface area contributed by atoms with Crippen molar-refractivity contribution in [2.24, 2.45) is 0 Å². The molecule has 0 radical (unpaired) electrons. The molecule has 0 saturated heterocycles. The lowest BCUT2D eigenvalue weighted by atomic mass is 10.1. The summed E-state index contributed by atoms with van der Waals surface area (Å²) in [6.45, 7) is 1.61. The summed E-state index contributed by atoms with van der Waals surface area (Å²) in [5.74, 6) is -3.09. The van der Waals surface area contributed by atoms with Gasteiger partial charge in [0.25, 0.3) is 5.56 Å². The maximum atomic E-state index is 13.5. The number of nitrogens with zero attached hydrogens (tertiary/aromatic N) is 2. The number of Topliss-reactive ketones (excluding diaryl/α,β-unsaturated/α-hetero) is 1. The number of rotatable bonds is 7. The van der Waals surface area contributed by atoms with Crippen molar-refractivity contribution in [1.29, 1.82) is 0 Å². The molecular weight excluding hydrogens is 414 g/mol. The fourth-order valence-electron chi connectivity index (χ4n) is 2.84. The zero-order chi connectivity index (χ0) is 21.8. The second-order valence-corrected chi connectivity index (χ2v) is 7.76. The fraction of sp³-hybridized carbons (Fsp3) is 0.238. The first-order valence-corrected chi connectivity index (χ1v) is 9.92. The van der Waals surface area contributed by atoms with Crippen LogP contribution in [-0.4, -0.2) is 33.7 Å². The van der Waals surface area contributed by atoms with E-state index >= 15 is 0 Å². The van der Waals surface area contributed by atoms with E-state index in [4.69, 9.17) is 0 Å². The molecule has 30 heavy (non-hydrogen) atoms. The number of hydrogen-bond donors (Lipinski definition) is 0. The Balaban J connectivity index is 1.96. The largest absolute Gasteiger partial charge is 0.469 e. The van der Waals surface area contributed by atoms with E-state index < -0.39 is 28.6 Å². The normalized spacial score (nSPS) is 12.0. The van der Waals surface area contributed by atoms with Crippen molar-refractivity contribution in [3.63, 3.8) is 0 Å². The highest BCUT2D eigenvalue weighted by Crippen LogP contribution is 2.26. The van der Waals surface area contributed by atoms with Crippen LogP contribution in [0, 0.1) is 11.6 Å². The van der Waals surface area contributed by atoms with Gasteiger partial charge in [0.05, 0.1) is 29.7 Å². The highest BCUT2D eigenvalue weighted by atomic mass is 32.2. The summed E-state index contributed by atoms with van der Waals surface area (Å²) < 4.78 is 32.6. The number of aromatic nitrogens is 2. The Kier molecular flexibility index (Phi) is 6.61. The van der Waals surface area contributed by atoms with Crippen molar-refractivity contribution in [1.82, 2.24) is 9.55 Å². The third kappa shape index (κ3) is 4.56. The molecule has 0 fully saturated rings. The molecule has 0 aliphatic heterocycles. The van der Waals surface area contributed by atoms with Crippen molar-refractivity contribution in [2.75, 3.05) is 7.11 Å². The Labute approximate surface area is 174 Å². The van der Waals surface area contributed by atoms with Crippen molar-refractivity contribution >= 4 is 34.4 Å². The maximum Gasteiger partial charge on any atom is 0.307 e. The van der Waals surface area contributed by atoms with Gasteiger partial charge < -0.3 is 4.74 Å². The number of thioether (sulfide) groups is 1. The number of benzene rings is 2. The number of methoxy groups -OCH3 is 1. The zero-order valence-corrected chi connectivity index (χ0v) is 17.0. The second-order valence-electron chi connectivity index (χ2n) is 6.45. The first-order valence-electron chi connectivity index (χ1n) is 9.04. The topological polar surface area (TPSA) is 78.3 Å². The van der Waals surface area contributed by atoms with E-state index in [1.54, 1.807) is 31.2 Å². The van der Waals surface area contributed by atoms with Crippen LogP contribution in [0.5, 0.6) is 0 Å². The lowest BCUT2D eigenvalue weighted by Gasteiger charge is -2.16. The highest BCUT2D eigenvalue weighted by molar-refractivity contribution is 8.00. The molecule has 0 unspecified atom stereocenters. The first kappa shape index (κ1) is 21.6. The number of carbonyl (C=O) groups is 2. The second kappa shape index (κ2) is 9.17. The van der Waals surface area contributed by atoms with Crippen LogP contribution in [0.15, 0.2) is 52.4 Å². The number of ketones is 1. The summed E-state index contributed by atoms with van der Waals surface area (Å²) in [4.78, 5) is 41.7. The minimum absolute atomic E-state index is 0.0122. The molecule has 156 valence electrons. The number of carbonyl (C=O) groups excluding carboxylic acids is 2.